The number of carbonyl (C=O) groups excluding carboxylic acids is 2. The zero-order valence-corrected chi connectivity index (χ0v) is 18.7. The van der Waals surface area contributed by atoms with Gasteiger partial charge in [-0.1, -0.05) is 84.9 Å². The Balaban J connectivity index is 1.23. The van der Waals surface area contributed by atoms with E-state index in [1.54, 1.807) is 30.5 Å². The van der Waals surface area contributed by atoms with E-state index in [4.69, 9.17) is 5.73 Å². The monoisotopic (exact) mass is 450 g/mol. The number of hydrogen-bond acceptors (Lipinski definition) is 4. The van der Waals surface area contributed by atoms with E-state index < -0.39 is 0 Å². The highest BCUT2D eigenvalue weighted by Gasteiger charge is 2.10. The maximum absolute atomic E-state index is 12.5. The van der Waals surface area contributed by atoms with Gasteiger partial charge in [-0.3, -0.25) is 4.79 Å². The highest BCUT2D eigenvalue weighted by atomic mass is 16.2. The van der Waals surface area contributed by atoms with Crippen LogP contribution in [-0.2, 0) is 19.5 Å². The van der Waals surface area contributed by atoms with Crippen LogP contribution in [0.2, 0.25) is 0 Å². The quantitative estimate of drug-likeness (QED) is 0.337. The Morgan fingerprint density at radius 2 is 1.29 bits per heavy atom. The average Bonchev–Trinajstić information content (AvgIpc) is 2.88. The normalized spacial score (nSPS) is 10.5. The molecular formula is C28H26N4O2. The zero-order valence-electron chi connectivity index (χ0n) is 18.7. The van der Waals surface area contributed by atoms with Gasteiger partial charge in [0.25, 0.3) is 0 Å². The van der Waals surface area contributed by atoms with Crippen molar-refractivity contribution < 1.29 is 9.59 Å². The lowest BCUT2D eigenvalue weighted by molar-refractivity contribution is 0.0993. The fourth-order valence-corrected chi connectivity index (χ4v) is 3.56. The first-order chi connectivity index (χ1) is 16.6. The van der Waals surface area contributed by atoms with Gasteiger partial charge in [0, 0.05) is 36.8 Å². The van der Waals surface area contributed by atoms with Crippen molar-refractivity contribution in [2.45, 2.75) is 19.5 Å². The molecule has 34 heavy (non-hydrogen) atoms. The van der Waals surface area contributed by atoms with Crippen molar-refractivity contribution in [2.75, 3.05) is 5.73 Å². The van der Waals surface area contributed by atoms with Gasteiger partial charge in [0.1, 0.15) is 5.82 Å². The van der Waals surface area contributed by atoms with Crippen LogP contribution in [0.15, 0.2) is 97.2 Å². The number of ketones is 1. The van der Waals surface area contributed by atoms with Crippen LogP contribution < -0.4 is 16.4 Å². The molecule has 0 fully saturated rings. The van der Waals surface area contributed by atoms with E-state index in [2.05, 4.69) is 39.9 Å². The number of pyridine rings is 1. The number of carbonyl (C=O) groups is 2. The van der Waals surface area contributed by atoms with Crippen LogP contribution in [0.25, 0.3) is 11.1 Å². The summed E-state index contributed by atoms with van der Waals surface area (Å²) in [5.74, 6) is 0.338. The molecule has 4 N–H and O–H groups in total. The molecule has 0 atom stereocenters. The molecule has 0 aliphatic rings. The smallest absolute Gasteiger partial charge is 0.315 e. The Morgan fingerprint density at radius 1 is 0.706 bits per heavy atom. The fourth-order valence-electron chi connectivity index (χ4n) is 3.56. The number of aromatic nitrogens is 1. The third-order valence-electron chi connectivity index (χ3n) is 5.52. The lowest BCUT2D eigenvalue weighted by Gasteiger charge is -2.09. The molecule has 3 aromatic carbocycles. The van der Waals surface area contributed by atoms with Crippen LogP contribution in [0.4, 0.5) is 10.6 Å². The van der Waals surface area contributed by atoms with Crippen molar-refractivity contribution in [1.82, 2.24) is 15.6 Å². The summed E-state index contributed by atoms with van der Waals surface area (Å²) in [5, 5.41) is 5.71. The molecule has 0 unspecified atom stereocenters. The van der Waals surface area contributed by atoms with Crippen molar-refractivity contribution in [1.29, 1.82) is 0 Å². The predicted molar refractivity (Wildman–Crippen MR) is 134 cm³/mol. The number of nitrogens with zero attached hydrogens (tertiary/aromatic N) is 1. The first kappa shape index (κ1) is 22.7. The maximum atomic E-state index is 12.5. The van der Waals surface area contributed by atoms with Gasteiger partial charge in [0.15, 0.2) is 5.78 Å². The molecule has 0 saturated heterocycles. The number of nitrogens with two attached hydrogens (primary N) is 1. The van der Waals surface area contributed by atoms with E-state index in [0.717, 1.165) is 22.3 Å². The van der Waals surface area contributed by atoms with Gasteiger partial charge in [-0.2, -0.15) is 0 Å². The predicted octanol–water partition coefficient (Wildman–Crippen LogP) is 4.76. The number of amides is 2. The molecule has 1 heterocycles. The van der Waals surface area contributed by atoms with Crippen molar-refractivity contribution in [3.8, 4) is 11.1 Å². The second-order valence-electron chi connectivity index (χ2n) is 7.94. The number of nitrogens with one attached hydrogen (secondary N) is 2. The molecule has 6 nitrogen and oxygen atoms in total. The van der Waals surface area contributed by atoms with Gasteiger partial charge >= 0.3 is 6.03 Å². The van der Waals surface area contributed by atoms with Gasteiger partial charge in [-0.05, 0) is 28.3 Å². The van der Waals surface area contributed by atoms with Crippen LogP contribution in [0.5, 0.6) is 0 Å². The zero-order chi connectivity index (χ0) is 23.8. The van der Waals surface area contributed by atoms with Gasteiger partial charge < -0.3 is 16.4 Å². The molecular weight excluding hydrogens is 424 g/mol. The molecule has 0 radical (unpaired) electrons. The van der Waals surface area contributed by atoms with E-state index in [0.29, 0.717) is 30.0 Å². The van der Waals surface area contributed by atoms with Crippen molar-refractivity contribution in [3.05, 3.63) is 119 Å². The van der Waals surface area contributed by atoms with Crippen molar-refractivity contribution in [3.63, 3.8) is 0 Å². The Labute approximate surface area is 198 Å². The number of benzene rings is 3. The molecule has 1 aromatic heterocycles. The highest BCUT2D eigenvalue weighted by Crippen LogP contribution is 2.19. The topological polar surface area (TPSA) is 97.1 Å². The Kier molecular flexibility index (Phi) is 7.30. The highest BCUT2D eigenvalue weighted by molar-refractivity contribution is 5.98. The fraction of sp³-hybridized carbons (Fsp3) is 0.107. The Morgan fingerprint density at radius 3 is 1.91 bits per heavy atom. The lowest BCUT2D eigenvalue weighted by Crippen LogP contribution is -2.34. The summed E-state index contributed by atoms with van der Waals surface area (Å²) < 4.78 is 0. The largest absolute Gasteiger partial charge is 0.383 e. The number of hydrogen-bond donors (Lipinski definition) is 3. The van der Waals surface area contributed by atoms with E-state index in [1.165, 1.54) is 0 Å². The van der Waals surface area contributed by atoms with E-state index in [1.807, 2.05) is 42.5 Å². The van der Waals surface area contributed by atoms with Crippen LogP contribution in [0.3, 0.4) is 0 Å². The number of Topliss-reactive ketones (excluding diaryl/α,β-unsaturated/α-hetero) is 1. The minimum Gasteiger partial charge on any atom is -0.383 e. The Hall–Kier alpha value is -4.45. The minimum atomic E-state index is -0.251. The second kappa shape index (κ2) is 10.9. The van der Waals surface area contributed by atoms with E-state index in [9.17, 15) is 9.59 Å². The molecule has 0 spiro atoms. The third-order valence-corrected chi connectivity index (χ3v) is 5.52. The van der Waals surface area contributed by atoms with Crippen LogP contribution in [-0.4, -0.2) is 16.8 Å². The summed E-state index contributed by atoms with van der Waals surface area (Å²) in [6.45, 7) is 0.800. The van der Waals surface area contributed by atoms with E-state index >= 15 is 0 Å². The van der Waals surface area contributed by atoms with E-state index in [-0.39, 0.29) is 18.2 Å². The number of rotatable bonds is 8. The number of anilines is 1. The number of urea groups is 1. The molecule has 0 bridgehead atoms. The molecule has 170 valence electrons. The molecule has 2 amide bonds. The second-order valence-corrected chi connectivity index (χ2v) is 7.94. The summed E-state index contributed by atoms with van der Waals surface area (Å²) in [6.07, 6.45) is 1.80. The summed E-state index contributed by atoms with van der Waals surface area (Å²) in [6, 6.07) is 28.8. The Bertz CT molecular complexity index is 1250. The summed E-state index contributed by atoms with van der Waals surface area (Å²) in [7, 11) is 0. The van der Waals surface area contributed by atoms with Gasteiger partial charge in [-0.25, -0.2) is 9.78 Å². The molecule has 6 heteroatoms. The summed E-state index contributed by atoms with van der Waals surface area (Å²) in [4.78, 5) is 28.7. The van der Waals surface area contributed by atoms with Gasteiger partial charge in [0.2, 0.25) is 0 Å². The van der Waals surface area contributed by atoms with Crippen LogP contribution in [0, 0.1) is 0 Å². The third kappa shape index (κ3) is 6.07. The summed E-state index contributed by atoms with van der Waals surface area (Å²) >= 11 is 0. The molecule has 0 aliphatic heterocycles. The van der Waals surface area contributed by atoms with Crippen LogP contribution >= 0.6 is 0 Å². The van der Waals surface area contributed by atoms with Crippen LogP contribution in [0.1, 0.15) is 27.0 Å². The number of nitrogen functional groups attached to an aromatic ring is 1. The maximum Gasteiger partial charge on any atom is 0.315 e. The van der Waals surface area contributed by atoms with Crippen molar-refractivity contribution >= 4 is 17.6 Å². The van der Waals surface area contributed by atoms with Crippen molar-refractivity contribution in [2.24, 2.45) is 0 Å². The standard InChI is InChI=1S/C28H26N4O2/c29-27-25(7-4-16-30-27)17-26(33)24-14-10-21(11-15-24)19-32-28(34)31-18-20-8-12-23(13-9-20)22-5-2-1-3-6-22/h1-16H,17-19H2,(H2,29,30)(H2,31,32,34). The minimum absolute atomic E-state index is 0.0322. The molecule has 4 aromatic rings. The first-order valence-corrected chi connectivity index (χ1v) is 11.1. The molecule has 4 rings (SSSR count). The van der Waals surface area contributed by atoms with Gasteiger partial charge in [-0.15, -0.1) is 0 Å². The van der Waals surface area contributed by atoms with Gasteiger partial charge in [0.05, 0.1) is 0 Å². The lowest BCUT2D eigenvalue weighted by atomic mass is 10.0. The first-order valence-electron chi connectivity index (χ1n) is 11.1. The molecule has 0 aliphatic carbocycles. The molecule has 0 saturated carbocycles. The summed E-state index contributed by atoms with van der Waals surface area (Å²) in [5.41, 5.74) is 11.3. The average molecular weight is 451 g/mol. The SMILES string of the molecule is Nc1ncccc1CC(=O)c1ccc(CNC(=O)NCc2ccc(-c3ccccc3)cc2)cc1.